The molecule has 0 spiro atoms. The van der Waals surface area contributed by atoms with E-state index < -0.39 is 16.1 Å². The molecule has 1 N–H and O–H groups in total. The largest absolute Gasteiger partial charge is 0.352 e. The molecular weight excluding hydrogens is 498 g/mol. The van der Waals surface area contributed by atoms with Crippen LogP contribution < -0.4 is 9.62 Å². The van der Waals surface area contributed by atoms with Crippen LogP contribution in [0, 0.1) is 0 Å². The first-order valence-electron chi connectivity index (χ1n) is 12.4. The van der Waals surface area contributed by atoms with E-state index in [4.69, 9.17) is 11.6 Å². The van der Waals surface area contributed by atoms with Gasteiger partial charge in [0.05, 0.1) is 11.9 Å². The maximum absolute atomic E-state index is 13.3. The summed E-state index contributed by atoms with van der Waals surface area (Å²) in [6, 6.07) is 13.8. The zero-order chi connectivity index (χ0) is 26.9. The van der Waals surface area contributed by atoms with Crippen LogP contribution in [0.1, 0.15) is 58.1 Å². The Kier molecular flexibility index (Phi) is 11.2. The smallest absolute Gasteiger partial charge is 0.242 e. The Morgan fingerprint density at radius 1 is 0.972 bits per heavy atom. The zero-order valence-corrected chi connectivity index (χ0v) is 23.4. The van der Waals surface area contributed by atoms with Gasteiger partial charge in [-0.3, -0.25) is 13.9 Å². The number of halogens is 1. The van der Waals surface area contributed by atoms with Gasteiger partial charge in [0.15, 0.2) is 0 Å². The number of sulfonamides is 1. The van der Waals surface area contributed by atoms with Gasteiger partial charge in [-0.15, -0.1) is 0 Å². The van der Waals surface area contributed by atoms with Gasteiger partial charge in [0.1, 0.15) is 6.04 Å². The lowest BCUT2D eigenvalue weighted by Crippen LogP contribution is -2.49. The second kappa shape index (κ2) is 13.7. The average molecular weight is 536 g/mol. The molecule has 0 radical (unpaired) electrons. The SMILES string of the molecule is CCc1ccc(N(CCCC(=O)N(Cc2ccc(Cl)cc2)C(C)C(=O)NC(C)CC)S(C)(=O)=O)cc1. The van der Waals surface area contributed by atoms with E-state index in [9.17, 15) is 18.0 Å². The maximum atomic E-state index is 13.3. The molecule has 2 aromatic carbocycles. The Balaban J connectivity index is 2.16. The molecule has 0 aromatic heterocycles. The molecule has 2 unspecified atom stereocenters. The van der Waals surface area contributed by atoms with Crippen molar-refractivity contribution in [3.63, 3.8) is 0 Å². The van der Waals surface area contributed by atoms with Gasteiger partial charge in [0.25, 0.3) is 0 Å². The summed E-state index contributed by atoms with van der Waals surface area (Å²) in [6.45, 7) is 8.06. The molecule has 0 bridgehead atoms. The van der Waals surface area contributed by atoms with Gasteiger partial charge in [0.2, 0.25) is 21.8 Å². The lowest BCUT2D eigenvalue weighted by molar-refractivity contribution is -0.140. The van der Waals surface area contributed by atoms with Gasteiger partial charge in [-0.1, -0.05) is 49.7 Å². The van der Waals surface area contributed by atoms with Crippen LogP contribution in [0.2, 0.25) is 5.02 Å². The highest BCUT2D eigenvalue weighted by molar-refractivity contribution is 7.92. The van der Waals surface area contributed by atoms with Gasteiger partial charge in [-0.2, -0.15) is 0 Å². The maximum Gasteiger partial charge on any atom is 0.242 e. The first-order valence-corrected chi connectivity index (χ1v) is 14.6. The molecule has 7 nitrogen and oxygen atoms in total. The molecule has 0 heterocycles. The van der Waals surface area contributed by atoms with E-state index >= 15 is 0 Å². The van der Waals surface area contributed by atoms with Crippen LogP contribution in [-0.4, -0.2) is 50.0 Å². The summed E-state index contributed by atoms with van der Waals surface area (Å²) in [7, 11) is -3.52. The van der Waals surface area contributed by atoms with Crippen molar-refractivity contribution < 1.29 is 18.0 Å². The van der Waals surface area contributed by atoms with Crippen LogP contribution in [0.15, 0.2) is 48.5 Å². The highest BCUT2D eigenvalue weighted by Gasteiger charge is 2.27. The number of nitrogens with zero attached hydrogens (tertiary/aromatic N) is 2. The van der Waals surface area contributed by atoms with Crippen LogP contribution in [0.3, 0.4) is 0 Å². The van der Waals surface area contributed by atoms with Gasteiger partial charge >= 0.3 is 0 Å². The fraction of sp³-hybridized carbons (Fsp3) is 0.481. The molecule has 0 fully saturated rings. The van der Waals surface area contributed by atoms with Crippen molar-refractivity contribution in [2.24, 2.45) is 0 Å². The monoisotopic (exact) mass is 535 g/mol. The third kappa shape index (κ3) is 8.82. The number of carbonyl (C=O) groups is 2. The number of anilines is 1. The first kappa shape index (κ1) is 29.6. The van der Waals surface area contributed by atoms with Gasteiger partial charge < -0.3 is 10.2 Å². The molecule has 0 aliphatic rings. The van der Waals surface area contributed by atoms with E-state index in [0.29, 0.717) is 17.1 Å². The molecular formula is C27H38ClN3O4S. The van der Waals surface area contributed by atoms with Crippen molar-refractivity contribution in [2.75, 3.05) is 17.1 Å². The fourth-order valence-electron chi connectivity index (χ4n) is 3.74. The number of hydrogen-bond acceptors (Lipinski definition) is 4. The van der Waals surface area contributed by atoms with E-state index in [1.807, 2.05) is 45.0 Å². The predicted molar refractivity (Wildman–Crippen MR) is 147 cm³/mol. The van der Waals surface area contributed by atoms with Gasteiger partial charge in [-0.25, -0.2) is 8.42 Å². The summed E-state index contributed by atoms with van der Waals surface area (Å²) in [5.41, 5.74) is 2.54. The van der Waals surface area contributed by atoms with Gasteiger partial charge in [0, 0.05) is 30.6 Å². The molecule has 0 aliphatic heterocycles. The average Bonchev–Trinajstić information content (AvgIpc) is 2.85. The van der Waals surface area contributed by atoms with Crippen molar-refractivity contribution >= 4 is 39.1 Å². The molecule has 0 saturated carbocycles. The van der Waals surface area contributed by atoms with Crippen molar-refractivity contribution in [3.8, 4) is 0 Å². The molecule has 2 aromatic rings. The molecule has 0 saturated heterocycles. The third-order valence-corrected chi connectivity index (χ3v) is 7.67. The first-order chi connectivity index (χ1) is 17.0. The second-order valence-corrected chi connectivity index (χ2v) is 11.4. The number of amides is 2. The number of benzene rings is 2. The second-order valence-electron chi connectivity index (χ2n) is 9.10. The lowest BCUT2D eigenvalue weighted by Gasteiger charge is -2.30. The molecule has 2 amide bonds. The van der Waals surface area contributed by atoms with E-state index in [0.717, 1.165) is 30.2 Å². The topological polar surface area (TPSA) is 86.8 Å². The van der Waals surface area contributed by atoms with E-state index in [2.05, 4.69) is 5.32 Å². The molecule has 0 aliphatic carbocycles. The molecule has 9 heteroatoms. The molecule has 36 heavy (non-hydrogen) atoms. The Morgan fingerprint density at radius 3 is 2.08 bits per heavy atom. The minimum atomic E-state index is -3.52. The van der Waals surface area contributed by atoms with Crippen LogP contribution in [-0.2, 0) is 32.6 Å². The van der Waals surface area contributed by atoms with E-state index in [-0.39, 0.29) is 37.4 Å². The number of aryl methyl sites for hydroxylation is 1. The minimum Gasteiger partial charge on any atom is -0.352 e. The quantitative estimate of drug-likeness (QED) is 0.400. The van der Waals surface area contributed by atoms with E-state index in [1.54, 1.807) is 36.1 Å². The van der Waals surface area contributed by atoms with Crippen molar-refractivity contribution in [1.82, 2.24) is 10.2 Å². The summed E-state index contributed by atoms with van der Waals surface area (Å²) < 4.78 is 26.2. The number of carbonyl (C=O) groups excluding carboxylic acids is 2. The normalized spacial score (nSPS) is 13.1. The summed E-state index contributed by atoms with van der Waals surface area (Å²) in [4.78, 5) is 27.7. The molecule has 2 atom stereocenters. The highest BCUT2D eigenvalue weighted by atomic mass is 35.5. The summed E-state index contributed by atoms with van der Waals surface area (Å²) in [5, 5.41) is 3.53. The van der Waals surface area contributed by atoms with Crippen molar-refractivity contribution in [2.45, 2.75) is 72.0 Å². The lowest BCUT2D eigenvalue weighted by atomic mass is 10.1. The molecule has 198 valence electrons. The van der Waals surface area contributed by atoms with Crippen molar-refractivity contribution in [3.05, 3.63) is 64.7 Å². The van der Waals surface area contributed by atoms with Gasteiger partial charge in [-0.05, 0) is 68.5 Å². The fourth-order valence-corrected chi connectivity index (χ4v) is 4.83. The van der Waals surface area contributed by atoms with Crippen LogP contribution in [0.25, 0.3) is 0 Å². The Labute approximate surface area is 220 Å². The zero-order valence-electron chi connectivity index (χ0n) is 21.8. The van der Waals surface area contributed by atoms with E-state index in [1.165, 1.54) is 4.31 Å². The van der Waals surface area contributed by atoms with Crippen LogP contribution in [0.5, 0.6) is 0 Å². The molecule has 2 rings (SSSR count). The summed E-state index contributed by atoms with van der Waals surface area (Å²) in [5.74, 6) is -0.438. The summed E-state index contributed by atoms with van der Waals surface area (Å²) in [6.07, 6.45) is 3.23. The minimum absolute atomic E-state index is 0.00477. The standard InChI is InChI=1S/C27H38ClN3O4S/c1-6-20(3)29-27(33)21(4)30(19-23-10-14-24(28)15-11-23)26(32)9-8-18-31(36(5,34)35)25-16-12-22(7-2)13-17-25/h10-17,20-21H,6-9,18-19H2,1-5H3,(H,29,33). The Morgan fingerprint density at radius 2 is 1.56 bits per heavy atom. The predicted octanol–water partition coefficient (Wildman–Crippen LogP) is 4.78. The Bertz CT molecular complexity index is 1100. The van der Waals surface area contributed by atoms with Crippen LogP contribution in [0.4, 0.5) is 5.69 Å². The highest BCUT2D eigenvalue weighted by Crippen LogP contribution is 2.20. The number of nitrogens with one attached hydrogen (secondary N) is 1. The third-order valence-electron chi connectivity index (χ3n) is 6.22. The number of rotatable bonds is 13. The number of hydrogen-bond donors (Lipinski definition) is 1. The van der Waals surface area contributed by atoms with Crippen molar-refractivity contribution in [1.29, 1.82) is 0 Å². The van der Waals surface area contributed by atoms with Crippen LogP contribution >= 0.6 is 11.6 Å². The Hall–Kier alpha value is -2.58. The summed E-state index contributed by atoms with van der Waals surface area (Å²) >= 11 is 6.00.